The minimum Gasteiger partial charge on any atom is -0.494 e. The summed E-state index contributed by atoms with van der Waals surface area (Å²) >= 11 is 0. The van der Waals surface area contributed by atoms with Crippen LogP contribution in [0.1, 0.15) is 38.0 Å². The number of nitrogens with zero attached hydrogens (tertiary/aromatic N) is 2. The highest BCUT2D eigenvalue weighted by Gasteiger charge is 2.37. The van der Waals surface area contributed by atoms with Gasteiger partial charge in [0.2, 0.25) is 0 Å². The number of imide groups is 1. The van der Waals surface area contributed by atoms with Gasteiger partial charge in [0.25, 0.3) is 17.7 Å². The number of ether oxygens (including phenoxy) is 1. The van der Waals surface area contributed by atoms with E-state index in [4.69, 9.17) is 4.74 Å². The molecule has 6 nitrogen and oxygen atoms in total. The molecule has 0 aromatic heterocycles. The molecule has 178 valence electrons. The molecule has 0 saturated heterocycles. The van der Waals surface area contributed by atoms with Crippen molar-refractivity contribution >= 4 is 23.4 Å². The number of amides is 3. The summed E-state index contributed by atoms with van der Waals surface area (Å²) in [6, 6.07) is 30.9. The molecule has 0 N–H and O–H groups in total. The third-order valence-corrected chi connectivity index (χ3v) is 6.10. The van der Waals surface area contributed by atoms with Gasteiger partial charge in [-0.25, -0.2) is 0 Å². The maximum absolute atomic E-state index is 13.7. The van der Waals surface area contributed by atoms with E-state index in [1.165, 1.54) is 4.90 Å². The molecule has 5 rings (SSSR count). The number of anilines is 1. The van der Waals surface area contributed by atoms with E-state index in [2.05, 4.69) is 0 Å². The average molecular weight is 477 g/mol. The molecular weight excluding hydrogens is 452 g/mol. The van der Waals surface area contributed by atoms with E-state index in [0.29, 0.717) is 34.7 Å². The molecule has 0 atom stereocenters. The summed E-state index contributed by atoms with van der Waals surface area (Å²) in [5.41, 5.74) is 3.71. The Bertz CT molecular complexity index is 1380. The average Bonchev–Trinajstić information content (AvgIpc) is 3.17. The molecule has 1 aliphatic heterocycles. The third kappa shape index (κ3) is 4.36. The van der Waals surface area contributed by atoms with Gasteiger partial charge in [-0.1, -0.05) is 54.6 Å². The molecule has 1 aliphatic rings. The number of rotatable bonds is 7. The number of hydrogen-bond acceptors (Lipinski definition) is 4. The van der Waals surface area contributed by atoms with Crippen molar-refractivity contribution in [3.63, 3.8) is 0 Å². The summed E-state index contributed by atoms with van der Waals surface area (Å²) in [5, 5.41) is 0. The van der Waals surface area contributed by atoms with E-state index in [-0.39, 0.29) is 12.6 Å². The van der Waals surface area contributed by atoms with Crippen molar-refractivity contribution in [1.82, 2.24) is 4.90 Å². The summed E-state index contributed by atoms with van der Waals surface area (Å²) in [4.78, 5) is 42.3. The van der Waals surface area contributed by atoms with E-state index >= 15 is 0 Å². The quantitative estimate of drug-likeness (QED) is 0.323. The highest BCUT2D eigenvalue weighted by Crippen LogP contribution is 2.27. The molecule has 36 heavy (non-hydrogen) atoms. The lowest BCUT2D eigenvalue weighted by Crippen LogP contribution is -2.44. The van der Waals surface area contributed by atoms with Gasteiger partial charge in [0, 0.05) is 11.3 Å². The van der Waals surface area contributed by atoms with Crippen LogP contribution in [0.25, 0.3) is 11.1 Å². The molecule has 0 aliphatic carbocycles. The summed E-state index contributed by atoms with van der Waals surface area (Å²) in [5.74, 6) is -0.491. The van der Waals surface area contributed by atoms with Crippen LogP contribution in [0, 0.1) is 0 Å². The SMILES string of the molecule is CCOc1ccc(N(CN2C(=O)c3ccccc3C2=O)C(=O)c2ccc(-c3ccccc3)cc2)cc1. The molecule has 4 aromatic rings. The number of carbonyl (C=O) groups excluding carboxylic acids is 3. The predicted molar refractivity (Wildman–Crippen MR) is 138 cm³/mol. The lowest BCUT2D eigenvalue weighted by molar-refractivity contribution is 0.0650. The fourth-order valence-corrected chi connectivity index (χ4v) is 4.25. The zero-order valence-corrected chi connectivity index (χ0v) is 19.8. The van der Waals surface area contributed by atoms with Crippen molar-refractivity contribution in [2.45, 2.75) is 6.92 Å². The first-order valence-electron chi connectivity index (χ1n) is 11.7. The van der Waals surface area contributed by atoms with Crippen molar-refractivity contribution in [3.8, 4) is 16.9 Å². The molecule has 0 fully saturated rings. The van der Waals surface area contributed by atoms with Gasteiger partial charge in [0.1, 0.15) is 12.4 Å². The first-order chi connectivity index (χ1) is 17.6. The zero-order chi connectivity index (χ0) is 25.1. The fraction of sp³-hybridized carbons (Fsp3) is 0.100. The number of fused-ring (bicyclic) bond motifs is 1. The maximum Gasteiger partial charge on any atom is 0.263 e. The molecule has 6 heteroatoms. The summed E-state index contributed by atoms with van der Waals surface area (Å²) in [6.07, 6.45) is 0. The van der Waals surface area contributed by atoms with Crippen LogP contribution in [0.4, 0.5) is 5.69 Å². The standard InChI is InChI=1S/C30H24N2O4/c1-2-36-25-18-16-24(17-19-25)31(20-32-29(34)26-10-6-7-11-27(26)30(32)35)28(33)23-14-12-22(13-15-23)21-8-4-3-5-9-21/h3-19H,2,20H2,1H3. The van der Waals surface area contributed by atoms with Gasteiger partial charge in [-0.05, 0) is 66.6 Å². The fourth-order valence-electron chi connectivity index (χ4n) is 4.25. The van der Waals surface area contributed by atoms with E-state index in [0.717, 1.165) is 16.0 Å². The number of benzene rings is 4. The van der Waals surface area contributed by atoms with Crippen LogP contribution in [0.2, 0.25) is 0 Å². The minimum absolute atomic E-state index is 0.209. The van der Waals surface area contributed by atoms with Gasteiger partial charge in [-0.15, -0.1) is 0 Å². The second-order valence-electron chi connectivity index (χ2n) is 8.33. The van der Waals surface area contributed by atoms with E-state index in [1.54, 1.807) is 60.7 Å². The van der Waals surface area contributed by atoms with Gasteiger partial charge in [-0.2, -0.15) is 0 Å². The minimum atomic E-state index is -0.418. The Balaban J connectivity index is 1.47. The topological polar surface area (TPSA) is 66.9 Å². The van der Waals surface area contributed by atoms with E-state index < -0.39 is 11.8 Å². The van der Waals surface area contributed by atoms with Gasteiger partial charge in [-0.3, -0.25) is 24.2 Å². The van der Waals surface area contributed by atoms with Crippen LogP contribution in [0.3, 0.4) is 0 Å². The summed E-state index contributed by atoms with van der Waals surface area (Å²) < 4.78 is 5.53. The number of hydrogen-bond donors (Lipinski definition) is 0. The Morgan fingerprint density at radius 2 is 1.28 bits per heavy atom. The lowest BCUT2D eigenvalue weighted by Gasteiger charge is -2.27. The predicted octanol–water partition coefficient (Wildman–Crippen LogP) is 5.65. The van der Waals surface area contributed by atoms with Crippen LogP contribution in [0.5, 0.6) is 5.75 Å². The van der Waals surface area contributed by atoms with Crippen LogP contribution < -0.4 is 9.64 Å². The van der Waals surface area contributed by atoms with E-state index in [9.17, 15) is 14.4 Å². The third-order valence-electron chi connectivity index (χ3n) is 6.10. The Kier molecular flexibility index (Phi) is 6.33. The second-order valence-corrected chi connectivity index (χ2v) is 8.33. The monoisotopic (exact) mass is 476 g/mol. The Labute approximate surface area is 209 Å². The Morgan fingerprint density at radius 3 is 1.86 bits per heavy atom. The van der Waals surface area contributed by atoms with Crippen LogP contribution in [0.15, 0.2) is 103 Å². The first kappa shape index (κ1) is 23.1. The highest BCUT2D eigenvalue weighted by molar-refractivity contribution is 6.22. The molecule has 0 unspecified atom stereocenters. The van der Waals surface area contributed by atoms with Gasteiger partial charge >= 0.3 is 0 Å². The number of carbonyl (C=O) groups is 3. The normalized spacial score (nSPS) is 12.4. The van der Waals surface area contributed by atoms with Crippen LogP contribution in [-0.4, -0.2) is 35.9 Å². The first-order valence-corrected chi connectivity index (χ1v) is 11.7. The molecule has 0 radical (unpaired) electrons. The van der Waals surface area contributed by atoms with Crippen LogP contribution in [-0.2, 0) is 0 Å². The molecule has 1 heterocycles. The second kappa shape index (κ2) is 9.88. The van der Waals surface area contributed by atoms with Gasteiger partial charge in [0.05, 0.1) is 17.7 Å². The Hall–Kier alpha value is -4.71. The van der Waals surface area contributed by atoms with Gasteiger partial charge < -0.3 is 4.74 Å². The van der Waals surface area contributed by atoms with Crippen molar-refractivity contribution in [2.24, 2.45) is 0 Å². The van der Waals surface area contributed by atoms with Crippen molar-refractivity contribution in [2.75, 3.05) is 18.2 Å². The summed E-state index contributed by atoms with van der Waals surface area (Å²) in [7, 11) is 0. The van der Waals surface area contributed by atoms with Crippen molar-refractivity contribution in [3.05, 3.63) is 120 Å². The largest absolute Gasteiger partial charge is 0.494 e. The molecule has 4 aromatic carbocycles. The van der Waals surface area contributed by atoms with Crippen molar-refractivity contribution < 1.29 is 19.1 Å². The highest BCUT2D eigenvalue weighted by atomic mass is 16.5. The molecule has 0 saturated carbocycles. The molecular formula is C30H24N2O4. The van der Waals surface area contributed by atoms with Gasteiger partial charge in [0.15, 0.2) is 0 Å². The maximum atomic E-state index is 13.7. The lowest BCUT2D eigenvalue weighted by atomic mass is 10.0. The summed E-state index contributed by atoms with van der Waals surface area (Å²) in [6.45, 7) is 2.20. The molecule has 0 bridgehead atoms. The molecule has 3 amide bonds. The molecule has 0 spiro atoms. The Morgan fingerprint density at radius 1 is 0.722 bits per heavy atom. The van der Waals surface area contributed by atoms with Crippen molar-refractivity contribution in [1.29, 1.82) is 0 Å². The zero-order valence-electron chi connectivity index (χ0n) is 19.8. The smallest absolute Gasteiger partial charge is 0.263 e. The van der Waals surface area contributed by atoms with E-state index in [1.807, 2.05) is 49.4 Å². The van der Waals surface area contributed by atoms with Crippen LogP contribution >= 0.6 is 0 Å².